The molecule has 0 atom stereocenters. The van der Waals surface area contributed by atoms with Crippen LogP contribution in [-0.4, -0.2) is 38.4 Å². The predicted molar refractivity (Wildman–Crippen MR) is 68.0 cm³/mol. The second-order valence-corrected chi connectivity index (χ2v) is 2.95. The van der Waals surface area contributed by atoms with Crippen molar-refractivity contribution in [3.8, 4) is 0 Å². The highest BCUT2D eigenvalue weighted by Crippen LogP contribution is 1.71. The molecule has 1 N–H and O–H groups in total. The molecule has 0 amide bonds. The highest BCUT2D eigenvalue weighted by Gasteiger charge is 1.77. The number of aliphatic imine (C=N–C) groups is 1. The fourth-order valence-corrected chi connectivity index (χ4v) is 0.607. The molecule has 0 fully saturated rings. The lowest BCUT2D eigenvalue weighted by Crippen LogP contribution is -2.04. The van der Waals surface area contributed by atoms with Crippen LogP contribution in [0.3, 0.4) is 0 Å². The summed E-state index contributed by atoms with van der Waals surface area (Å²) in [5.74, 6) is 0.144. The van der Waals surface area contributed by atoms with Crippen molar-refractivity contribution < 1.29 is 9.59 Å². The van der Waals surface area contributed by atoms with Crippen LogP contribution in [0.4, 0.5) is 0 Å². The van der Waals surface area contributed by atoms with Gasteiger partial charge in [0.05, 0.1) is 0 Å². The van der Waals surface area contributed by atoms with E-state index in [0.717, 1.165) is 6.54 Å². The number of likely N-dealkylation sites (N-methyl/N-ethyl adjacent to an activating group) is 1. The normalized spacial score (nSPS) is 10.8. The van der Waals surface area contributed by atoms with Gasteiger partial charge in [-0.1, -0.05) is 6.08 Å². The van der Waals surface area contributed by atoms with Gasteiger partial charge in [-0.25, -0.2) is 0 Å². The molecule has 0 radical (unpaired) electrons. The van der Waals surface area contributed by atoms with Crippen LogP contribution in [0.2, 0.25) is 0 Å². The molecule has 0 unspecified atom stereocenters. The lowest BCUT2D eigenvalue weighted by atomic mass is 10.4. The van der Waals surface area contributed by atoms with Gasteiger partial charge >= 0.3 is 0 Å². The Balaban J connectivity index is 0. The number of hydrogen-bond donors (Lipinski definition) is 1. The van der Waals surface area contributed by atoms with Crippen molar-refractivity contribution in [2.45, 2.75) is 13.8 Å². The van der Waals surface area contributed by atoms with Gasteiger partial charge in [-0.3, -0.25) is 14.6 Å². The first-order chi connectivity index (χ1) is 7.54. The summed E-state index contributed by atoms with van der Waals surface area (Å²) >= 11 is 0. The molecule has 4 nitrogen and oxygen atoms in total. The summed E-state index contributed by atoms with van der Waals surface area (Å²) in [6.45, 7) is 3.80. The van der Waals surface area contributed by atoms with Gasteiger partial charge in [-0.2, -0.15) is 0 Å². The molecule has 0 saturated heterocycles. The van der Waals surface area contributed by atoms with Crippen molar-refractivity contribution >= 4 is 17.8 Å². The Morgan fingerprint density at radius 3 is 2.12 bits per heavy atom. The van der Waals surface area contributed by atoms with Crippen molar-refractivity contribution in [1.29, 1.82) is 0 Å². The van der Waals surface area contributed by atoms with Crippen LogP contribution >= 0.6 is 0 Å². The first kappa shape index (κ1) is 16.9. The number of rotatable bonds is 5. The van der Waals surface area contributed by atoms with E-state index in [-0.39, 0.29) is 11.6 Å². The van der Waals surface area contributed by atoms with Crippen molar-refractivity contribution in [3.05, 3.63) is 24.3 Å². The van der Waals surface area contributed by atoms with E-state index in [1.54, 1.807) is 31.5 Å². The van der Waals surface area contributed by atoms with Gasteiger partial charge in [0.15, 0.2) is 11.6 Å². The van der Waals surface area contributed by atoms with E-state index in [9.17, 15) is 9.59 Å². The zero-order valence-electron chi connectivity index (χ0n) is 10.4. The third-order valence-electron chi connectivity index (χ3n) is 1.24. The minimum absolute atomic E-state index is 0.0462. The Bertz CT molecular complexity index is 279. The molecule has 0 rings (SSSR count). The molecule has 0 aromatic heterocycles. The van der Waals surface area contributed by atoms with Crippen LogP contribution in [0.25, 0.3) is 0 Å². The average Bonchev–Trinajstić information content (AvgIpc) is 2.18. The maximum atomic E-state index is 10.2. The second-order valence-electron chi connectivity index (χ2n) is 2.95. The van der Waals surface area contributed by atoms with Gasteiger partial charge in [0.2, 0.25) is 0 Å². The summed E-state index contributed by atoms with van der Waals surface area (Å²) in [5.41, 5.74) is 0. The van der Waals surface area contributed by atoms with Crippen LogP contribution in [0.1, 0.15) is 13.8 Å². The smallest absolute Gasteiger partial charge is 0.152 e. The summed E-state index contributed by atoms with van der Waals surface area (Å²) in [6, 6.07) is 0. The number of carbonyl (C=O) groups is 2. The Hall–Kier alpha value is -1.55. The maximum Gasteiger partial charge on any atom is 0.152 e. The predicted octanol–water partition coefficient (Wildman–Crippen LogP) is 1.18. The molecule has 0 aliphatic heterocycles. The monoisotopic (exact) mass is 224 g/mol. The van der Waals surface area contributed by atoms with Gasteiger partial charge in [-0.15, -0.1) is 0 Å². The SMILES string of the molecule is CN=C/C=C\C(C)=O.CNC/C=C\C(C)=O. The molecule has 0 aliphatic rings. The van der Waals surface area contributed by atoms with Crippen LogP contribution in [0.5, 0.6) is 0 Å². The molecule has 0 aromatic rings. The first-order valence-electron chi connectivity index (χ1n) is 4.95. The summed E-state index contributed by atoms with van der Waals surface area (Å²) in [5, 5.41) is 2.88. The second kappa shape index (κ2) is 13.4. The minimum Gasteiger partial charge on any atom is -0.316 e. The quantitative estimate of drug-likeness (QED) is 0.563. The first-order valence-corrected chi connectivity index (χ1v) is 4.95. The molecular formula is C12H20N2O2. The number of ketones is 2. The summed E-state index contributed by atoms with van der Waals surface area (Å²) < 4.78 is 0. The minimum atomic E-state index is 0.0462. The standard InChI is InChI=1S/C6H11NO.C6H9NO/c2*1-6(8)4-3-5-7-2/h3-4,7H,5H2,1-2H3;3-5H,1-2H3/b4-3-;4-3-,7-5?. The van der Waals surface area contributed by atoms with Crippen molar-refractivity contribution in [2.24, 2.45) is 4.99 Å². The van der Waals surface area contributed by atoms with Crippen LogP contribution in [0.15, 0.2) is 29.3 Å². The van der Waals surface area contributed by atoms with Crippen LogP contribution in [-0.2, 0) is 9.59 Å². The number of hydrogen-bond acceptors (Lipinski definition) is 4. The topological polar surface area (TPSA) is 58.5 Å². The van der Waals surface area contributed by atoms with Crippen molar-refractivity contribution in [3.63, 3.8) is 0 Å². The highest BCUT2D eigenvalue weighted by molar-refractivity contribution is 5.91. The highest BCUT2D eigenvalue weighted by atomic mass is 16.1. The Morgan fingerprint density at radius 2 is 1.75 bits per heavy atom. The maximum absolute atomic E-state index is 10.2. The van der Waals surface area contributed by atoms with E-state index >= 15 is 0 Å². The van der Waals surface area contributed by atoms with Gasteiger partial charge < -0.3 is 5.32 Å². The van der Waals surface area contributed by atoms with E-state index in [0.29, 0.717) is 0 Å². The van der Waals surface area contributed by atoms with Gasteiger partial charge in [0.25, 0.3) is 0 Å². The molecule has 90 valence electrons. The zero-order chi connectivity index (χ0) is 12.8. The lowest BCUT2D eigenvalue weighted by molar-refractivity contribution is -0.113. The van der Waals surface area contributed by atoms with Crippen LogP contribution in [0, 0.1) is 0 Å². The van der Waals surface area contributed by atoms with E-state index in [4.69, 9.17) is 0 Å². The van der Waals surface area contributed by atoms with Crippen LogP contribution < -0.4 is 5.32 Å². The molecule has 0 saturated carbocycles. The summed E-state index contributed by atoms with van der Waals surface area (Å²) in [7, 11) is 3.49. The lowest BCUT2D eigenvalue weighted by Gasteiger charge is -1.83. The largest absolute Gasteiger partial charge is 0.316 e. The molecule has 16 heavy (non-hydrogen) atoms. The van der Waals surface area contributed by atoms with E-state index in [1.807, 2.05) is 7.05 Å². The molecule has 0 bridgehead atoms. The zero-order valence-corrected chi connectivity index (χ0v) is 10.4. The number of carbonyl (C=O) groups excluding carboxylic acids is 2. The molecule has 4 heteroatoms. The molecule has 0 spiro atoms. The molecule has 0 aromatic carbocycles. The molecule has 0 heterocycles. The van der Waals surface area contributed by atoms with E-state index in [1.165, 1.54) is 19.9 Å². The summed E-state index contributed by atoms with van der Waals surface area (Å²) in [6.07, 6.45) is 8.00. The van der Waals surface area contributed by atoms with E-state index < -0.39 is 0 Å². The van der Waals surface area contributed by atoms with Crippen molar-refractivity contribution in [2.75, 3.05) is 20.6 Å². The Labute approximate surface area is 97.1 Å². The third-order valence-corrected chi connectivity index (χ3v) is 1.24. The van der Waals surface area contributed by atoms with Gasteiger partial charge in [0.1, 0.15) is 0 Å². The average molecular weight is 224 g/mol. The number of nitrogens with zero attached hydrogens (tertiary/aromatic N) is 1. The van der Waals surface area contributed by atoms with E-state index in [2.05, 4.69) is 10.3 Å². The van der Waals surface area contributed by atoms with Gasteiger partial charge in [-0.05, 0) is 39.1 Å². The fraction of sp³-hybridized carbons (Fsp3) is 0.417. The fourth-order valence-electron chi connectivity index (χ4n) is 0.607. The van der Waals surface area contributed by atoms with Gasteiger partial charge in [0, 0.05) is 19.8 Å². The Kier molecular flexibility index (Phi) is 14.2. The molecular weight excluding hydrogens is 204 g/mol. The summed E-state index contributed by atoms with van der Waals surface area (Å²) in [4.78, 5) is 24.0. The number of nitrogens with one attached hydrogen (secondary N) is 1. The van der Waals surface area contributed by atoms with Crippen molar-refractivity contribution in [1.82, 2.24) is 5.32 Å². The molecule has 0 aliphatic carbocycles. The third kappa shape index (κ3) is 22.9. The Morgan fingerprint density at radius 1 is 1.19 bits per heavy atom. The number of allylic oxidation sites excluding steroid dienone is 3.